The summed E-state index contributed by atoms with van der Waals surface area (Å²) in [5.74, 6) is -0.939. The lowest BCUT2D eigenvalue weighted by atomic mass is 10.1. The van der Waals surface area contributed by atoms with E-state index in [0.717, 1.165) is 22.6 Å². The highest BCUT2D eigenvalue weighted by Crippen LogP contribution is 2.21. The standard InChI is InChI=1S/C21H24N2O2/c1-14(12-21(24)25)7-6-8-16(3)19-13-18(5)23(22-19)20-11-15(2)9-10-17(20)4/h6-13H,1-5H3,(H,24,25). The Morgan fingerprint density at radius 3 is 2.56 bits per heavy atom. The van der Waals surface area contributed by atoms with Crippen molar-refractivity contribution in [3.05, 3.63) is 76.7 Å². The van der Waals surface area contributed by atoms with Crippen molar-refractivity contribution in [2.75, 3.05) is 0 Å². The molecule has 1 aromatic carbocycles. The van der Waals surface area contributed by atoms with E-state index in [4.69, 9.17) is 10.2 Å². The van der Waals surface area contributed by atoms with Crippen molar-refractivity contribution in [3.63, 3.8) is 0 Å². The minimum atomic E-state index is -0.939. The topological polar surface area (TPSA) is 55.1 Å². The lowest BCUT2D eigenvalue weighted by Gasteiger charge is -2.09. The van der Waals surface area contributed by atoms with Gasteiger partial charge in [-0.15, -0.1) is 0 Å². The van der Waals surface area contributed by atoms with Crippen LogP contribution < -0.4 is 0 Å². The number of nitrogens with zero attached hydrogens (tertiary/aromatic N) is 2. The smallest absolute Gasteiger partial charge is 0.328 e. The largest absolute Gasteiger partial charge is 0.478 e. The highest BCUT2D eigenvalue weighted by Gasteiger charge is 2.09. The Labute approximate surface area is 148 Å². The predicted octanol–water partition coefficient (Wildman–Crippen LogP) is 4.79. The van der Waals surface area contributed by atoms with Crippen LogP contribution in [0.1, 0.15) is 36.4 Å². The van der Waals surface area contributed by atoms with E-state index in [2.05, 4.69) is 38.1 Å². The van der Waals surface area contributed by atoms with Gasteiger partial charge in [-0.05, 0) is 69.0 Å². The van der Waals surface area contributed by atoms with E-state index in [1.54, 1.807) is 13.0 Å². The molecule has 0 saturated heterocycles. The molecule has 1 heterocycles. The number of hydrogen-bond donors (Lipinski definition) is 1. The van der Waals surface area contributed by atoms with Crippen molar-refractivity contribution >= 4 is 11.5 Å². The van der Waals surface area contributed by atoms with Crippen LogP contribution in [0.5, 0.6) is 0 Å². The number of aromatic nitrogens is 2. The number of rotatable bonds is 5. The predicted molar refractivity (Wildman–Crippen MR) is 102 cm³/mol. The monoisotopic (exact) mass is 336 g/mol. The quantitative estimate of drug-likeness (QED) is 0.631. The third kappa shape index (κ3) is 4.80. The van der Waals surface area contributed by atoms with Gasteiger partial charge in [-0.3, -0.25) is 0 Å². The summed E-state index contributed by atoms with van der Waals surface area (Å²) in [5.41, 5.74) is 7.16. The number of allylic oxidation sites excluding steroid dienone is 5. The van der Waals surface area contributed by atoms with Gasteiger partial charge in [-0.1, -0.05) is 30.4 Å². The maximum Gasteiger partial charge on any atom is 0.328 e. The second-order valence-corrected chi connectivity index (χ2v) is 6.31. The Kier molecular flexibility index (Phi) is 5.75. The molecule has 1 N–H and O–H groups in total. The molecule has 130 valence electrons. The van der Waals surface area contributed by atoms with Gasteiger partial charge in [0, 0.05) is 11.8 Å². The van der Waals surface area contributed by atoms with Crippen molar-refractivity contribution in [2.24, 2.45) is 0 Å². The zero-order chi connectivity index (χ0) is 18.6. The van der Waals surface area contributed by atoms with Crippen molar-refractivity contribution in [3.8, 4) is 5.69 Å². The normalized spacial score (nSPS) is 12.8. The van der Waals surface area contributed by atoms with Gasteiger partial charge in [0.1, 0.15) is 0 Å². The molecule has 0 radical (unpaired) electrons. The van der Waals surface area contributed by atoms with Crippen LogP contribution in [0.4, 0.5) is 0 Å². The van der Waals surface area contributed by atoms with E-state index >= 15 is 0 Å². The maximum atomic E-state index is 10.6. The van der Waals surface area contributed by atoms with Gasteiger partial charge in [0.2, 0.25) is 0 Å². The summed E-state index contributed by atoms with van der Waals surface area (Å²) in [6.45, 7) is 9.95. The summed E-state index contributed by atoms with van der Waals surface area (Å²) in [6, 6.07) is 8.40. The van der Waals surface area contributed by atoms with Gasteiger partial charge >= 0.3 is 5.97 Å². The molecule has 0 aliphatic heterocycles. The molecule has 2 aromatic rings. The second-order valence-electron chi connectivity index (χ2n) is 6.31. The number of hydrogen-bond acceptors (Lipinski definition) is 2. The molecular weight excluding hydrogens is 312 g/mol. The molecule has 0 aliphatic carbocycles. The minimum Gasteiger partial charge on any atom is -0.478 e. The van der Waals surface area contributed by atoms with Crippen LogP contribution in [-0.2, 0) is 4.79 Å². The number of carbonyl (C=O) groups is 1. The molecule has 0 saturated carbocycles. The van der Waals surface area contributed by atoms with Gasteiger partial charge in [0.25, 0.3) is 0 Å². The number of carboxylic acid groups (broad SMARTS) is 1. The highest BCUT2D eigenvalue weighted by atomic mass is 16.4. The second kappa shape index (κ2) is 7.79. The van der Waals surface area contributed by atoms with Gasteiger partial charge < -0.3 is 5.11 Å². The summed E-state index contributed by atoms with van der Waals surface area (Å²) in [7, 11) is 0. The van der Waals surface area contributed by atoms with Gasteiger partial charge in [-0.2, -0.15) is 5.10 Å². The Bertz CT molecular complexity index is 883. The Hall–Kier alpha value is -2.88. The first-order valence-corrected chi connectivity index (χ1v) is 8.19. The lowest BCUT2D eigenvalue weighted by Crippen LogP contribution is -2.02. The lowest BCUT2D eigenvalue weighted by molar-refractivity contribution is -0.131. The fourth-order valence-corrected chi connectivity index (χ4v) is 2.53. The van der Waals surface area contributed by atoms with Crippen LogP contribution in [0.3, 0.4) is 0 Å². The molecular formula is C21H24N2O2. The number of aliphatic carboxylic acids is 1. The Morgan fingerprint density at radius 1 is 1.16 bits per heavy atom. The molecule has 0 fully saturated rings. The molecule has 4 nitrogen and oxygen atoms in total. The molecule has 0 atom stereocenters. The van der Waals surface area contributed by atoms with Crippen molar-refractivity contribution in [1.29, 1.82) is 0 Å². The minimum absolute atomic E-state index is 0.689. The highest BCUT2D eigenvalue weighted by molar-refractivity contribution is 5.81. The first-order chi connectivity index (χ1) is 11.8. The SMILES string of the molecule is CC(C=CC=C(C)c1cc(C)n(-c2cc(C)ccc2C)n1)=CC(=O)O. The zero-order valence-electron chi connectivity index (χ0n) is 15.4. The van der Waals surface area contributed by atoms with Crippen LogP contribution in [0.2, 0.25) is 0 Å². The summed E-state index contributed by atoms with van der Waals surface area (Å²) >= 11 is 0. The zero-order valence-corrected chi connectivity index (χ0v) is 15.4. The summed E-state index contributed by atoms with van der Waals surface area (Å²) in [4.78, 5) is 10.6. The molecule has 0 amide bonds. The van der Waals surface area contributed by atoms with Gasteiger partial charge in [0.15, 0.2) is 0 Å². The molecule has 4 heteroatoms. The summed E-state index contributed by atoms with van der Waals surface area (Å²) in [5, 5.41) is 13.4. The fraction of sp³-hybridized carbons (Fsp3) is 0.238. The number of aryl methyl sites for hydroxylation is 3. The third-order valence-corrected chi connectivity index (χ3v) is 3.94. The fourth-order valence-electron chi connectivity index (χ4n) is 2.53. The number of benzene rings is 1. The van der Waals surface area contributed by atoms with Crippen molar-refractivity contribution in [1.82, 2.24) is 9.78 Å². The van der Waals surface area contributed by atoms with Gasteiger partial charge in [0.05, 0.1) is 11.4 Å². The van der Waals surface area contributed by atoms with E-state index in [0.29, 0.717) is 5.57 Å². The molecule has 0 bridgehead atoms. The van der Waals surface area contributed by atoms with E-state index in [1.165, 1.54) is 17.2 Å². The first-order valence-electron chi connectivity index (χ1n) is 8.19. The van der Waals surface area contributed by atoms with Crippen LogP contribution in [0, 0.1) is 20.8 Å². The van der Waals surface area contributed by atoms with Crippen molar-refractivity contribution < 1.29 is 9.90 Å². The molecule has 2 rings (SSSR count). The summed E-state index contributed by atoms with van der Waals surface area (Å²) in [6.07, 6.45) is 6.73. The molecule has 25 heavy (non-hydrogen) atoms. The summed E-state index contributed by atoms with van der Waals surface area (Å²) < 4.78 is 1.97. The molecule has 0 aliphatic rings. The van der Waals surface area contributed by atoms with Crippen LogP contribution in [-0.4, -0.2) is 20.9 Å². The molecule has 0 unspecified atom stereocenters. The van der Waals surface area contributed by atoms with E-state index in [9.17, 15) is 4.79 Å². The van der Waals surface area contributed by atoms with E-state index in [1.807, 2.05) is 30.7 Å². The number of carboxylic acids is 1. The Morgan fingerprint density at radius 2 is 1.88 bits per heavy atom. The van der Waals surface area contributed by atoms with Crippen LogP contribution in [0.25, 0.3) is 11.3 Å². The average molecular weight is 336 g/mol. The average Bonchev–Trinajstić information content (AvgIpc) is 2.90. The third-order valence-electron chi connectivity index (χ3n) is 3.94. The molecule has 1 aromatic heterocycles. The van der Waals surface area contributed by atoms with Crippen LogP contribution in [0.15, 0.2) is 54.1 Å². The molecule has 0 spiro atoms. The maximum absolute atomic E-state index is 10.6. The van der Waals surface area contributed by atoms with Gasteiger partial charge in [-0.25, -0.2) is 9.48 Å². The van der Waals surface area contributed by atoms with Crippen molar-refractivity contribution in [2.45, 2.75) is 34.6 Å². The first kappa shape index (κ1) is 18.5. The van der Waals surface area contributed by atoms with E-state index < -0.39 is 5.97 Å². The Balaban J connectivity index is 2.30. The van der Waals surface area contributed by atoms with Crippen LogP contribution >= 0.6 is 0 Å². The van der Waals surface area contributed by atoms with E-state index in [-0.39, 0.29) is 0 Å².